The molecule has 1 aromatic carbocycles. The van der Waals surface area contributed by atoms with Crippen LogP contribution in [0.2, 0.25) is 5.02 Å². The number of aromatic nitrogens is 2. The van der Waals surface area contributed by atoms with E-state index in [0.29, 0.717) is 43.2 Å². The number of piperazine rings is 1. The summed E-state index contributed by atoms with van der Waals surface area (Å²) >= 11 is 7.45. The Morgan fingerprint density at radius 3 is 2.37 bits per heavy atom. The average molecular weight is 443 g/mol. The first kappa shape index (κ1) is 20.6. The van der Waals surface area contributed by atoms with E-state index in [9.17, 15) is 9.59 Å². The van der Waals surface area contributed by atoms with Gasteiger partial charge in [0, 0.05) is 54.2 Å². The highest BCUT2D eigenvalue weighted by atomic mass is 35.5. The normalized spacial score (nSPS) is 14.2. The minimum Gasteiger partial charge on any atom is -0.339 e. The molecule has 1 aliphatic heterocycles. The van der Waals surface area contributed by atoms with Gasteiger partial charge in [0.05, 0.1) is 12.0 Å². The molecule has 1 aliphatic rings. The van der Waals surface area contributed by atoms with Crippen LogP contribution in [0.25, 0.3) is 5.13 Å². The maximum Gasteiger partial charge on any atom is 0.255 e. The average Bonchev–Trinajstić information content (AvgIpc) is 3.37. The molecule has 156 valence electrons. The summed E-state index contributed by atoms with van der Waals surface area (Å²) in [6.45, 7) is 6.09. The monoisotopic (exact) mass is 442 g/mol. The Morgan fingerprint density at radius 2 is 1.73 bits per heavy atom. The third-order valence-electron chi connectivity index (χ3n) is 5.46. The summed E-state index contributed by atoms with van der Waals surface area (Å²) in [7, 11) is 0. The molecule has 2 aromatic heterocycles. The zero-order valence-corrected chi connectivity index (χ0v) is 18.5. The molecule has 0 atom stereocenters. The summed E-state index contributed by atoms with van der Waals surface area (Å²) < 4.78 is 2.02. The van der Waals surface area contributed by atoms with E-state index >= 15 is 0 Å². The Morgan fingerprint density at radius 1 is 1.07 bits per heavy atom. The number of hydrogen-bond acceptors (Lipinski definition) is 4. The molecule has 1 saturated heterocycles. The maximum atomic E-state index is 13.1. The lowest BCUT2D eigenvalue weighted by molar-refractivity contribution is -0.131. The van der Waals surface area contributed by atoms with Crippen LogP contribution in [0, 0.1) is 13.8 Å². The van der Waals surface area contributed by atoms with Gasteiger partial charge in [-0.3, -0.25) is 14.2 Å². The van der Waals surface area contributed by atoms with E-state index in [1.165, 1.54) is 0 Å². The molecule has 0 radical (unpaired) electrons. The zero-order valence-electron chi connectivity index (χ0n) is 17.0. The third kappa shape index (κ3) is 4.13. The number of nitrogens with zero attached hydrogens (tertiary/aromatic N) is 4. The minimum absolute atomic E-state index is 0.00991. The van der Waals surface area contributed by atoms with Crippen molar-refractivity contribution in [3.8, 4) is 5.13 Å². The van der Waals surface area contributed by atoms with E-state index in [1.807, 2.05) is 51.8 Å². The van der Waals surface area contributed by atoms with Crippen LogP contribution in [-0.4, -0.2) is 57.3 Å². The highest BCUT2D eigenvalue weighted by Gasteiger charge is 2.27. The molecule has 0 aliphatic carbocycles. The lowest BCUT2D eigenvalue weighted by Gasteiger charge is -2.35. The van der Waals surface area contributed by atoms with Crippen molar-refractivity contribution >= 4 is 34.8 Å². The van der Waals surface area contributed by atoms with Crippen molar-refractivity contribution in [2.24, 2.45) is 0 Å². The molecule has 3 aromatic rings. The highest BCUT2D eigenvalue weighted by molar-refractivity contribution is 7.12. The van der Waals surface area contributed by atoms with E-state index in [2.05, 4.69) is 4.98 Å². The Labute approximate surface area is 184 Å². The van der Waals surface area contributed by atoms with Crippen molar-refractivity contribution in [2.75, 3.05) is 26.2 Å². The molecule has 1 fully saturated rings. The smallest absolute Gasteiger partial charge is 0.255 e. The Hall–Kier alpha value is -2.64. The fourth-order valence-electron chi connectivity index (χ4n) is 3.82. The molecule has 2 amide bonds. The number of amides is 2. The molecule has 0 saturated carbocycles. The van der Waals surface area contributed by atoms with Crippen molar-refractivity contribution in [1.29, 1.82) is 0 Å². The molecule has 0 unspecified atom stereocenters. The molecular formula is C22H23ClN4O2S. The van der Waals surface area contributed by atoms with Crippen LogP contribution >= 0.6 is 22.9 Å². The Kier molecular flexibility index (Phi) is 5.92. The van der Waals surface area contributed by atoms with Gasteiger partial charge in [0.15, 0.2) is 5.13 Å². The van der Waals surface area contributed by atoms with Gasteiger partial charge in [-0.15, -0.1) is 11.3 Å². The van der Waals surface area contributed by atoms with E-state index in [0.717, 1.165) is 22.1 Å². The van der Waals surface area contributed by atoms with Crippen molar-refractivity contribution in [3.05, 3.63) is 69.4 Å². The Bertz CT molecular complexity index is 1050. The minimum atomic E-state index is 0.00991. The number of aryl methyl sites for hydroxylation is 1. The number of rotatable bonds is 4. The van der Waals surface area contributed by atoms with Gasteiger partial charge in [0.2, 0.25) is 5.91 Å². The number of carbonyl (C=O) groups is 2. The van der Waals surface area contributed by atoms with Gasteiger partial charge in [-0.25, -0.2) is 4.98 Å². The van der Waals surface area contributed by atoms with E-state index in [4.69, 9.17) is 11.6 Å². The van der Waals surface area contributed by atoms with Crippen molar-refractivity contribution in [2.45, 2.75) is 20.3 Å². The van der Waals surface area contributed by atoms with Crippen molar-refractivity contribution in [3.63, 3.8) is 0 Å². The lowest BCUT2D eigenvalue weighted by Crippen LogP contribution is -2.51. The van der Waals surface area contributed by atoms with Crippen molar-refractivity contribution < 1.29 is 9.59 Å². The maximum absolute atomic E-state index is 13.1. The van der Waals surface area contributed by atoms with Crippen molar-refractivity contribution in [1.82, 2.24) is 19.4 Å². The van der Waals surface area contributed by atoms with Crippen LogP contribution in [0.4, 0.5) is 0 Å². The molecule has 6 nitrogen and oxygen atoms in total. The molecule has 0 spiro atoms. The zero-order chi connectivity index (χ0) is 21.3. The van der Waals surface area contributed by atoms with Gasteiger partial charge >= 0.3 is 0 Å². The molecule has 3 heterocycles. The van der Waals surface area contributed by atoms with Crippen LogP contribution in [0.5, 0.6) is 0 Å². The van der Waals surface area contributed by atoms with Gasteiger partial charge in [0.25, 0.3) is 5.91 Å². The standard InChI is InChI=1S/C22H23ClN4O2S/c1-15-13-19(16(2)27(15)22-24-7-12-30-22)21(29)26-10-8-25(9-11-26)20(28)14-17-3-5-18(23)6-4-17/h3-7,12-13H,8-11,14H2,1-2H3. The second kappa shape index (κ2) is 8.62. The first-order valence-corrected chi connectivity index (χ1v) is 11.1. The van der Waals surface area contributed by atoms with Crippen LogP contribution in [0.3, 0.4) is 0 Å². The summed E-state index contributed by atoms with van der Waals surface area (Å²) in [5.74, 6) is 0.0853. The fraction of sp³-hybridized carbons (Fsp3) is 0.318. The number of halogens is 1. The van der Waals surface area contributed by atoms with E-state index < -0.39 is 0 Å². The molecule has 0 bridgehead atoms. The summed E-state index contributed by atoms with van der Waals surface area (Å²) in [4.78, 5) is 33.8. The third-order valence-corrected chi connectivity index (χ3v) is 6.47. The van der Waals surface area contributed by atoms with Gasteiger partial charge in [0.1, 0.15) is 0 Å². The number of carbonyl (C=O) groups excluding carboxylic acids is 2. The van der Waals surface area contributed by atoms with Crippen LogP contribution in [0.1, 0.15) is 27.3 Å². The predicted molar refractivity (Wildman–Crippen MR) is 119 cm³/mol. The second-order valence-electron chi connectivity index (χ2n) is 7.41. The van der Waals surface area contributed by atoms with Crippen LogP contribution < -0.4 is 0 Å². The first-order chi connectivity index (χ1) is 14.4. The van der Waals surface area contributed by atoms with Gasteiger partial charge in [-0.1, -0.05) is 23.7 Å². The number of hydrogen-bond donors (Lipinski definition) is 0. The summed E-state index contributed by atoms with van der Waals surface area (Å²) in [6.07, 6.45) is 2.11. The van der Waals surface area contributed by atoms with Gasteiger partial charge < -0.3 is 9.80 Å². The predicted octanol–water partition coefficient (Wildman–Crippen LogP) is 3.73. The number of benzene rings is 1. The summed E-state index contributed by atoms with van der Waals surface area (Å²) in [5, 5.41) is 3.45. The second-order valence-corrected chi connectivity index (χ2v) is 8.72. The topological polar surface area (TPSA) is 58.4 Å². The first-order valence-electron chi connectivity index (χ1n) is 9.84. The molecule has 30 heavy (non-hydrogen) atoms. The molecular weight excluding hydrogens is 420 g/mol. The molecule has 8 heteroatoms. The number of thiazole rings is 1. The van der Waals surface area contributed by atoms with E-state index in [-0.39, 0.29) is 11.8 Å². The Balaban J connectivity index is 1.39. The molecule has 4 rings (SSSR count). The van der Waals surface area contributed by atoms with Crippen LogP contribution in [0.15, 0.2) is 41.9 Å². The SMILES string of the molecule is Cc1cc(C(=O)N2CCN(C(=O)Cc3ccc(Cl)cc3)CC2)c(C)n1-c1nccs1. The highest BCUT2D eigenvalue weighted by Crippen LogP contribution is 2.24. The summed E-state index contributed by atoms with van der Waals surface area (Å²) in [6, 6.07) is 9.26. The quantitative estimate of drug-likeness (QED) is 0.618. The van der Waals surface area contributed by atoms with Gasteiger partial charge in [-0.2, -0.15) is 0 Å². The van der Waals surface area contributed by atoms with E-state index in [1.54, 1.807) is 29.7 Å². The molecule has 0 N–H and O–H groups in total. The van der Waals surface area contributed by atoms with Crippen LogP contribution in [-0.2, 0) is 11.2 Å². The lowest BCUT2D eigenvalue weighted by atomic mass is 10.1. The fourth-order valence-corrected chi connectivity index (χ4v) is 4.70. The largest absolute Gasteiger partial charge is 0.339 e. The summed E-state index contributed by atoms with van der Waals surface area (Å²) in [5.41, 5.74) is 3.53. The van der Waals surface area contributed by atoms with Gasteiger partial charge in [-0.05, 0) is 37.6 Å².